The Morgan fingerprint density at radius 1 is 0.913 bits per heavy atom. The SMILES string of the molecule is CCCCCOc1ccc([C@@H]2C(=C(O)c3ccc4c(c3)OCCO4)C(=O)C(=O)N2c2nc3ccc(OCC)cc3s2)cc1OCC. The number of carbonyl (C=O) groups excluding carboxylic acids is 2. The van der Waals surface area contributed by atoms with E-state index < -0.39 is 17.7 Å². The van der Waals surface area contributed by atoms with Gasteiger partial charge in [0.15, 0.2) is 28.1 Å². The van der Waals surface area contributed by atoms with Crippen LogP contribution in [-0.2, 0) is 9.59 Å². The van der Waals surface area contributed by atoms with E-state index in [0.717, 1.165) is 24.0 Å². The van der Waals surface area contributed by atoms with E-state index in [-0.39, 0.29) is 11.3 Å². The van der Waals surface area contributed by atoms with Gasteiger partial charge in [-0.3, -0.25) is 14.5 Å². The molecular weight excluding hydrogens is 608 g/mol. The van der Waals surface area contributed by atoms with Crippen molar-refractivity contribution < 1.29 is 38.4 Å². The maximum absolute atomic E-state index is 13.9. The molecule has 1 N–H and O–H groups in total. The molecule has 0 radical (unpaired) electrons. The first-order valence-electron chi connectivity index (χ1n) is 15.6. The summed E-state index contributed by atoms with van der Waals surface area (Å²) in [5.74, 6) is 0.743. The number of fused-ring (bicyclic) bond motifs is 2. The molecule has 1 saturated heterocycles. The molecule has 6 rings (SSSR count). The highest BCUT2D eigenvalue weighted by atomic mass is 32.1. The highest BCUT2D eigenvalue weighted by molar-refractivity contribution is 7.22. The number of amides is 1. The highest BCUT2D eigenvalue weighted by Crippen LogP contribution is 2.47. The molecule has 3 heterocycles. The lowest BCUT2D eigenvalue weighted by Crippen LogP contribution is -2.29. The minimum Gasteiger partial charge on any atom is -0.507 e. The predicted octanol–water partition coefficient (Wildman–Crippen LogP) is 7.06. The van der Waals surface area contributed by atoms with Crippen LogP contribution in [0.15, 0.2) is 60.2 Å². The molecule has 2 aliphatic rings. The normalized spacial score (nSPS) is 17.0. The van der Waals surface area contributed by atoms with Crippen molar-refractivity contribution in [3.63, 3.8) is 0 Å². The van der Waals surface area contributed by atoms with Crippen LogP contribution in [0.25, 0.3) is 16.0 Å². The van der Waals surface area contributed by atoms with Crippen molar-refractivity contribution in [3.05, 3.63) is 71.3 Å². The van der Waals surface area contributed by atoms with Gasteiger partial charge in [-0.1, -0.05) is 37.2 Å². The number of carbonyl (C=O) groups is 2. The summed E-state index contributed by atoms with van der Waals surface area (Å²) in [6, 6.07) is 14.7. The second-order valence-corrected chi connectivity index (χ2v) is 11.8. The number of nitrogens with zero attached hydrogens (tertiary/aromatic N) is 2. The van der Waals surface area contributed by atoms with Crippen molar-refractivity contribution in [1.29, 1.82) is 0 Å². The molecule has 3 aromatic carbocycles. The maximum atomic E-state index is 13.9. The van der Waals surface area contributed by atoms with Crippen molar-refractivity contribution in [2.45, 2.75) is 46.1 Å². The topological polar surface area (TPSA) is 117 Å². The lowest BCUT2D eigenvalue weighted by molar-refractivity contribution is -0.132. The summed E-state index contributed by atoms with van der Waals surface area (Å²) in [6.45, 7) is 8.10. The molecule has 1 amide bonds. The Morgan fingerprint density at radius 3 is 2.50 bits per heavy atom. The summed E-state index contributed by atoms with van der Waals surface area (Å²) in [7, 11) is 0. The number of hydrogen-bond donors (Lipinski definition) is 1. The van der Waals surface area contributed by atoms with Crippen molar-refractivity contribution >= 4 is 44.1 Å². The van der Waals surface area contributed by atoms with E-state index >= 15 is 0 Å². The fourth-order valence-electron chi connectivity index (χ4n) is 5.56. The molecule has 2 aliphatic heterocycles. The zero-order chi connectivity index (χ0) is 32.2. The van der Waals surface area contributed by atoms with Crippen molar-refractivity contribution in [2.24, 2.45) is 0 Å². The molecule has 11 heteroatoms. The number of ether oxygens (including phenoxy) is 5. The van der Waals surface area contributed by atoms with Gasteiger partial charge < -0.3 is 28.8 Å². The molecular formula is C35H36N2O8S. The number of hydrogen-bond acceptors (Lipinski definition) is 10. The molecule has 10 nitrogen and oxygen atoms in total. The molecule has 1 aromatic heterocycles. The van der Waals surface area contributed by atoms with Crippen LogP contribution in [0.1, 0.15) is 57.2 Å². The molecule has 0 spiro atoms. The van der Waals surface area contributed by atoms with Gasteiger partial charge in [-0.15, -0.1) is 0 Å². The Kier molecular flexibility index (Phi) is 9.30. The van der Waals surface area contributed by atoms with Crippen LogP contribution in [0.4, 0.5) is 5.13 Å². The number of benzene rings is 3. The number of unbranched alkanes of at least 4 members (excludes halogenated alkanes) is 2. The first-order chi connectivity index (χ1) is 22.4. The van der Waals surface area contributed by atoms with E-state index in [1.54, 1.807) is 36.4 Å². The van der Waals surface area contributed by atoms with Crippen LogP contribution in [0, 0.1) is 0 Å². The number of aliphatic hydroxyl groups excluding tert-OH is 1. The number of anilines is 1. The first kappa shape index (κ1) is 31.2. The van der Waals surface area contributed by atoms with Crippen LogP contribution in [-0.4, -0.2) is 54.8 Å². The summed E-state index contributed by atoms with van der Waals surface area (Å²) in [6.07, 6.45) is 3.02. The number of ketones is 1. The zero-order valence-electron chi connectivity index (χ0n) is 26.0. The van der Waals surface area contributed by atoms with Gasteiger partial charge in [-0.2, -0.15) is 0 Å². The summed E-state index contributed by atoms with van der Waals surface area (Å²) in [5.41, 5.74) is 1.45. The van der Waals surface area contributed by atoms with Gasteiger partial charge in [0.05, 0.1) is 41.7 Å². The van der Waals surface area contributed by atoms with Crippen LogP contribution >= 0.6 is 11.3 Å². The van der Waals surface area contributed by atoms with Crippen molar-refractivity contribution in [1.82, 2.24) is 4.98 Å². The Hall–Kier alpha value is -4.77. The fourth-order valence-corrected chi connectivity index (χ4v) is 6.58. The smallest absolute Gasteiger partial charge is 0.301 e. The van der Waals surface area contributed by atoms with E-state index in [0.29, 0.717) is 83.6 Å². The lowest BCUT2D eigenvalue weighted by Gasteiger charge is -2.24. The summed E-state index contributed by atoms with van der Waals surface area (Å²) >= 11 is 1.27. The van der Waals surface area contributed by atoms with Gasteiger partial charge >= 0.3 is 5.91 Å². The third-order valence-electron chi connectivity index (χ3n) is 7.71. The van der Waals surface area contributed by atoms with E-state index in [4.69, 9.17) is 28.7 Å². The Labute approximate surface area is 271 Å². The minimum absolute atomic E-state index is 0.0741. The summed E-state index contributed by atoms with van der Waals surface area (Å²) < 4.78 is 29.8. The van der Waals surface area contributed by atoms with Crippen LogP contribution < -0.4 is 28.6 Å². The molecule has 0 bridgehead atoms. The lowest BCUT2D eigenvalue weighted by atomic mass is 9.95. The van der Waals surface area contributed by atoms with Crippen LogP contribution in [0.2, 0.25) is 0 Å². The average Bonchev–Trinajstić information content (AvgIpc) is 3.60. The van der Waals surface area contributed by atoms with E-state index in [9.17, 15) is 14.7 Å². The third-order valence-corrected chi connectivity index (χ3v) is 8.73. The number of aromatic nitrogens is 1. The average molecular weight is 645 g/mol. The van der Waals surface area contributed by atoms with Gasteiger partial charge in [0.1, 0.15) is 24.7 Å². The maximum Gasteiger partial charge on any atom is 0.301 e. The molecule has 4 aromatic rings. The molecule has 0 aliphatic carbocycles. The van der Waals surface area contributed by atoms with Crippen LogP contribution in [0.5, 0.6) is 28.7 Å². The standard InChI is InChI=1S/C35H36N2O8S/c1-4-7-8-15-43-25-13-9-21(18-27(25)42-6-3)31-30(32(38)22-10-14-26-28(19-22)45-17-16-44-26)33(39)34(40)37(31)35-36-24-12-11-23(41-5-2)20-29(24)46-35/h9-14,18-20,31,38H,4-8,15-17H2,1-3H3/t31-/m1/s1. The molecule has 240 valence electrons. The number of thiazole rings is 1. The van der Waals surface area contributed by atoms with Gasteiger partial charge in [0, 0.05) is 5.56 Å². The molecule has 0 unspecified atom stereocenters. The van der Waals surface area contributed by atoms with Crippen LogP contribution in [0.3, 0.4) is 0 Å². The highest BCUT2D eigenvalue weighted by Gasteiger charge is 2.48. The quantitative estimate of drug-likeness (QED) is 0.0749. The molecule has 1 atom stereocenters. The summed E-state index contributed by atoms with van der Waals surface area (Å²) in [5, 5.41) is 12.0. The number of rotatable bonds is 12. The third kappa shape index (κ3) is 6.06. The molecule has 46 heavy (non-hydrogen) atoms. The Bertz CT molecular complexity index is 1800. The number of aliphatic hydroxyl groups is 1. The van der Waals surface area contributed by atoms with Gasteiger partial charge in [0.2, 0.25) is 0 Å². The first-order valence-corrected chi connectivity index (χ1v) is 16.4. The predicted molar refractivity (Wildman–Crippen MR) is 176 cm³/mol. The monoisotopic (exact) mass is 644 g/mol. The largest absolute Gasteiger partial charge is 0.507 e. The van der Waals surface area contributed by atoms with Gasteiger partial charge in [-0.25, -0.2) is 4.98 Å². The van der Waals surface area contributed by atoms with E-state index in [1.807, 2.05) is 32.0 Å². The van der Waals surface area contributed by atoms with Gasteiger partial charge in [0.25, 0.3) is 5.78 Å². The molecule has 0 saturated carbocycles. The van der Waals surface area contributed by atoms with Crippen molar-refractivity contribution in [3.8, 4) is 28.7 Å². The van der Waals surface area contributed by atoms with Crippen molar-refractivity contribution in [2.75, 3.05) is 37.9 Å². The Morgan fingerprint density at radius 2 is 1.72 bits per heavy atom. The second kappa shape index (κ2) is 13.7. The summed E-state index contributed by atoms with van der Waals surface area (Å²) in [4.78, 5) is 33.8. The van der Waals surface area contributed by atoms with E-state index in [1.165, 1.54) is 16.2 Å². The fraction of sp³-hybridized carbons (Fsp3) is 0.343. The minimum atomic E-state index is -1.01. The van der Waals surface area contributed by atoms with E-state index in [2.05, 4.69) is 6.92 Å². The molecule has 1 fully saturated rings. The number of Topliss-reactive ketones (excluding diaryl/α,β-unsaturated/α-hetero) is 1. The zero-order valence-corrected chi connectivity index (χ0v) is 26.9. The van der Waals surface area contributed by atoms with Gasteiger partial charge in [-0.05, 0) is 74.4 Å². The second-order valence-electron chi connectivity index (χ2n) is 10.8. The Balaban J connectivity index is 1.48.